The van der Waals surface area contributed by atoms with Gasteiger partial charge in [-0.2, -0.15) is 0 Å². The van der Waals surface area contributed by atoms with Gasteiger partial charge in [0.25, 0.3) is 0 Å². The number of primary amides is 1. The first-order valence-corrected chi connectivity index (χ1v) is 4.85. The molecular weight excluding hydrogens is 184 g/mol. The van der Waals surface area contributed by atoms with Crippen molar-refractivity contribution >= 4 is 12.0 Å². The van der Waals surface area contributed by atoms with Gasteiger partial charge < -0.3 is 15.8 Å². The second kappa shape index (κ2) is 8.34. The Balaban J connectivity index is 3.13. The SMILES string of the molecule is CCOC(=O)CCCCCNC(N)=O. The van der Waals surface area contributed by atoms with Gasteiger partial charge in [-0.1, -0.05) is 6.42 Å². The number of unbranched alkanes of at least 4 members (excludes halogenated alkanes) is 2. The number of hydrogen-bond donors (Lipinski definition) is 2. The minimum atomic E-state index is -0.504. The summed E-state index contributed by atoms with van der Waals surface area (Å²) in [6.45, 7) is 2.79. The molecule has 0 unspecified atom stereocenters. The molecule has 3 N–H and O–H groups in total. The summed E-state index contributed by atoms with van der Waals surface area (Å²) in [6.07, 6.45) is 2.96. The molecule has 14 heavy (non-hydrogen) atoms. The van der Waals surface area contributed by atoms with Gasteiger partial charge in [0, 0.05) is 13.0 Å². The molecule has 0 aromatic heterocycles. The maximum atomic E-state index is 10.9. The van der Waals surface area contributed by atoms with E-state index in [2.05, 4.69) is 5.32 Å². The molecule has 0 bridgehead atoms. The van der Waals surface area contributed by atoms with E-state index in [0.29, 0.717) is 19.6 Å². The fraction of sp³-hybridized carbons (Fsp3) is 0.778. The van der Waals surface area contributed by atoms with Gasteiger partial charge in [0.05, 0.1) is 6.61 Å². The Hall–Kier alpha value is -1.26. The number of rotatable bonds is 7. The standard InChI is InChI=1S/C9H18N2O3/c1-2-14-8(12)6-4-3-5-7-11-9(10)13/h2-7H2,1H3,(H3,10,11,13). The molecular formula is C9H18N2O3. The van der Waals surface area contributed by atoms with Crippen molar-refractivity contribution in [2.75, 3.05) is 13.2 Å². The van der Waals surface area contributed by atoms with Crippen molar-refractivity contribution < 1.29 is 14.3 Å². The van der Waals surface area contributed by atoms with Crippen LogP contribution in [0.2, 0.25) is 0 Å². The van der Waals surface area contributed by atoms with Crippen molar-refractivity contribution in [3.63, 3.8) is 0 Å². The second-order valence-electron chi connectivity index (χ2n) is 2.91. The lowest BCUT2D eigenvalue weighted by molar-refractivity contribution is -0.143. The lowest BCUT2D eigenvalue weighted by atomic mass is 10.2. The molecule has 0 aliphatic heterocycles. The highest BCUT2D eigenvalue weighted by molar-refractivity contribution is 5.71. The van der Waals surface area contributed by atoms with E-state index in [1.807, 2.05) is 0 Å². The van der Waals surface area contributed by atoms with Gasteiger partial charge in [-0.3, -0.25) is 4.79 Å². The van der Waals surface area contributed by atoms with Gasteiger partial charge in [0.1, 0.15) is 0 Å². The molecule has 0 aliphatic carbocycles. The van der Waals surface area contributed by atoms with Crippen molar-refractivity contribution in [3.8, 4) is 0 Å². The zero-order valence-electron chi connectivity index (χ0n) is 8.54. The van der Waals surface area contributed by atoms with Crippen molar-refractivity contribution in [1.29, 1.82) is 0 Å². The Bertz CT molecular complexity index is 183. The summed E-state index contributed by atoms with van der Waals surface area (Å²) in [4.78, 5) is 21.1. The van der Waals surface area contributed by atoms with Crippen LogP contribution in [-0.4, -0.2) is 25.2 Å². The predicted molar refractivity (Wildman–Crippen MR) is 52.7 cm³/mol. The Morgan fingerprint density at radius 2 is 2.00 bits per heavy atom. The number of urea groups is 1. The number of hydrogen-bond acceptors (Lipinski definition) is 3. The Labute approximate surface area is 84.0 Å². The van der Waals surface area contributed by atoms with Gasteiger partial charge in [-0.25, -0.2) is 4.79 Å². The molecule has 0 saturated carbocycles. The highest BCUT2D eigenvalue weighted by atomic mass is 16.5. The van der Waals surface area contributed by atoms with Crippen LogP contribution in [0.4, 0.5) is 4.79 Å². The normalized spacial score (nSPS) is 9.50. The first kappa shape index (κ1) is 12.7. The van der Waals surface area contributed by atoms with Crippen molar-refractivity contribution in [3.05, 3.63) is 0 Å². The average molecular weight is 202 g/mol. The van der Waals surface area contributed by atoms with Crippen LogP contribution in [0.1, 0.15) is 32.6 Å². The third kappa shape index (κ3) is 8.83. The van der Waals surface area contributed by atoms with E-state index in [9.17, 15) is 9.59 Å². The van der Waals surface area contributed by atoms with Gasteiger partial charge in [-0.05, 0) is 19.8 Å². The molecule has 0 fully saturated rings. The molecule has 0 rings (SSSR count). The molecule has 0 radical (unpaired) electrons. The number of carbonyl (C=O) groups is 2. The zero-order chi connectivity index (χ0) is 10.8. The Morgan fingerprint density at radius 3 is 2.57 bits per heavy atom. The first-order valence-electron chi connectivity index (χ1n) is 4.85. The number of carbonyl (C=O) groups excluding carboxylic acids is 2. The summed E-state index contributed by atoms with van der Waals surface area (Å²) >= 11 is 0. The third-order valence-corrected chi connectivity index (χ3v) is 1.66. The summed E-state index contributed by atoms with van der Waals surface area (Å²) in [6, 6.07) is -0.504. The first-order chi connectivity index (χ1) is 6.66. The second-order valence-corrected chi connectivity index (χ2v) is 2.91. The summed E-state index contributed by atoms with van der Waals surface area (Å²) in [5.74, 6) is -0.157. The van der Waals surface area contributed by atoms with E-state index < -0.39 is 6.03 Å². The number of amides is 2. The molecule has 5 heteroatoms. The average Bonchev–Trinajstić information content (AvgIpc) is 2.11. The largest absolute Gasteiger partial charge is 0.466 e. The molecule has 0 atom stereocenters. The van der Waals surface area contributed by atoms with E-state index in [1.54, 1.807) is 6.92 Å². The van der Waals surface area contributed by atoms with Crippen molar-refractivity contribution in [2.24, 2.45) is 5.73 Å². The molecule has 0 aliphatic rings. The molecule has 0 spiro atoms. The van der Waals surface area contributed by atoms with Crippen LogP contribution in [0.25, 0.3) is 0 Å². The lowest BCUT2D eigenvalue weighted by Crippen LogP contribution is -2.29. The number of ether oxygens (including phenoxy) is 1. The van der Waals surface area contributed by atoms with Gasteiger partial charge >= 0.3 is 12.0 Å². The van der Waals surface area contributed by atoms with Crippen LogP contribution in [0.15, 0.2) is 0 Å². The molecule has 2 amide bonds. The smallest absolute Gasteiger partial charge is 0.312 e. The predicted octanol–water partition coefficient (Wildman–Crippen LogP) is 0.778. The molecule has 0 saturated heterocycles. The highest BCUT2D eigenvalue weighted by Gasteiger charge is 2.00. The van der Waals surface area contributed by atoms with Crippen LogP contribution in [-0.2, 0) is 9.53 Å². The van der Waals surface area contributed by atoms with Crippen LogP contribution in [0.3, 0.4) is 0 Å². The van der Waals surface area contributed by atoms with E-state index in [1.165, 1.54) is 0 Å². The van der Waals surface area contributed by atoms with Crippen molar-refractivity contribution in [1.82, 2.24) is 5.32 Å². The lowest BCUT2D eigenvalue weighted by Gasteiger charge is -2.02. The quantitative estimate of drug-likeness (QED) is 0.472. The molecule has 82 valence electrons. The van der Waals surface area contributed by atoms with Crippen LogP contribution < -0.4 is 11.1 Å². The van der Waals surface area contributed by atoms with Crippen molar-refractivity contribution in [2.45, 2.75) is 32.6 Å². The fourth-order valence-corrected chi connectivity index (χ4v) is 1.02. The minimum absolute atomic E-state index is 0.157. The van der Waals surface area contributed by atoms with E-state index in [4.69, 9.17) is 10.5 Å². The van der Waals surface area contributed by atoms with E-state index in [-0.39, 0.29) is 5.97 Å². The summed E-state index contributed by atoms with van der Waals surface area (Å²) in [7, 11) is 0. The molecule has 0 aromatic carbocycles. The number of esters is 1. The zero-order valence-corrected chi connectivity index (χ0v) is 8.54. The summed E-state index contributed by atoms with van der Waals surface area (Å²) < 4.78 is 4.76. The Kier molecular flexibility index (Phi) is 7.59. The van der Waals surface area contributed by atoms with Crippen LogP contribution in [0, 0.1) is 0 Å². The molecule has 5 nitrogen and oxygen atoms in total. The summed E-state index contributed by atoms with van der Waals surface area (Å²) in [5.41, 5.74) is 4.87. The monoisotopic (exact) mass is 202 g/mol. The minimum Gasteiger partial charge on any atom is -0.466 e. The highest BCUT2D eigenvalue weighted by Crippen LogP contribution is 2.00. The van der Waals surface area contributed by atoms with Crippen LogP contribution in [0.5, 0.6) is 0 Å². The fourth-order valence-electron chi connectivity index (χ4n) is 1.02. The Morgan fingerprint density at radius 1 is 1.29 bits per heavy atom. The van der Waals surface area contributed by atoms with Crippen LogP contribution >= 0.6 is 0 Å². The molecule has 0 aromatic rings. The topological polar surface area (TPSA) is 81.4 Å². The number of nitrogens with two attached hydrogens (primary N) is 1. The van der Waals surface area contributed by atoms with E-state index in [0.717, 1.165) is 19.3 Å². The van der Waals surface area contributed by atoms with Gasteiger partial charge in [0.2, 0.25) is 0 Å². The van der Waals surface area contributed by atoms with Gasteiger partial charge in [0.15, 0.2) is 0 Å². The van der Waals surface area contributed by atoms with Gasteiger partial charge in [-0.15, -0.1) is 0 Å². The maximum Gasteiger partial charge on any atom is 0.312 e. The third-order valence-electron chi connectivity index (χ3n) is 1.66. The summed E-state index contributed by atoms with van der Waals surface area (Å²) in [5, 5.41) is 2.48. The molecule has 0 heterocycles. The maximum absolute atomic E-state index is 10.9. The number of nitrogens with one attached hydrogen (secondary N) is 1. The van der Waals surface area contributed by atoms with E-state index >= 15 is 0 Å².